The third-order valence-electron chi connectivity index (χ3n) is 2.66. The van der Waals surface area contributed by atoms with E-state index in [1.807, 2.05) is 0 Å². The van der Waals surface area contributed by atoms with Crippen molar-refractivity contribution in [2.75, 3.05) is 12.4 Å². The quantitative estimate of drug-likeness (QED) is 0.670. The van der Waals surface area contributed by atoms with E-state index in [-0.39, 0.29) is 29.8 Å². The second kappa shape index (κ2) is 5.54. The Hall–Kier alpha value is -1.66. The van der Waals surface area contributed by atoms with Crippen molar-refractivity contribution in [3.8, 4) is 5.75 Å². The average Bonchev–Trinajstić information content (AvgIpc) is 2.69. The zero-order valence-electron chi connectivity index (χ0n) is 10.1. The summed E-state index contributed by atoms with van der Waals surface area (Å²) in [5, 5.41) is 3.34. The van der Waals surface area contributed by atoms with E-state index in [2.05, 4.69) is 5.32 Å². The van der Waals surface area contributed by atoms with Gasteiger partial charge >= 0.3 is 0 Å². The molecule has 0 bridgehead atoms. The molecule has 1 aromatic rings. The summed E-state index contributed by atoms with van der Waals surface area (Å²) in [7, 11) is 1.50. The first kappa shape index (κ1) is 13.8. The average molecular weight is 299 g/mol. The molecule has 0 spiro atoms. The lowest BCUT2D eigenvalue weighted by molar-refractivity contribution is -0.133. The number of ether oxygens (including phenoxy) is 1. The number of anilines is 1. The van der Waals surface area contributed by atoms with Crippen molar-refractivity contribution in [1.29, 1.82) is 0 Å². The summed E-state index contributed by atoms with van der Waals surface area (Å²) in [6, 6.07) is 4.94. The summed E-state index contributed by atoms with van der Waals surface area (Å²) in [6.07, 6.45) is 0.376. The van der Waals surface area contributed by atoms with Gasteiger partial charge in [0, 0.05) is 17.9 Å². The molecule has 0 saturated carbocycles. The highest BCUT2D eigenvalue weighted by Crippen LogP contribution is 2.28. The van der Waals surface area contributed by atoms with Gasteiger partial charge in [-0.05, 0) is 30.4 Å². The van der Waals surface area contributed by atoms with Crippen molar-refractivity contribution in [2.45, 2.75) is 12.8 Å². The Morgan fingerprint density at radius 2 is 2.00 bits per heavy atom. The van der Waals surface area contributed by atoms with Gasteiger partial charge in [0.25, 0.3) is 0 Å². The minimum absolute atomic E-state index is 0.0352. The minimum atomic E-state index is -0.302. The van der Waals surface area contributed by atoms with Gasteiger partial charge in [-0.25, -0.2) is 4.90 Å². The van der Waals surface area contributed by atoms with E-state index in [4.69, 9.17) is 28.6 Å². The standard InChI is InChI=1S/C12H11ClN2O3S/c1-18-9-3-2-7(13)6-8(9)14-12(19)15-10(16)4-5-11(15)17/h2-3,6H,4-5H2,1H3,(H,14,19). The van der Waals surface area contributed by atoms with Crippen molar-refractivity contribution in [3.05, 3.63) is 23.2 Å². The lowest BCUT2D eigenvalue weighted by Gasteiger charge is -2.18. The van der Waals surface area contributed by atoms with E-state index in [1.54, 1.807) is 18.2 Å². The first-order valence-corrected chi connectivity index (χ1v) is 6.32. The van der Waals surface area contributed by atoms with Crippen molar-refractivity contribution in [1.82, 2.24) is 4.90 Å². The number of rotatable bonds is 2. The molecular formula is C12H11ClN2O3S. The van der Waals surface area contributed by atoms with Gasteiger partial charge in [0.1, 0.15) is 5.75 Å². The van der Waals surface area contributed by atoms with E-state index in [9.17, 15) is 9.59 Å². The maximum absolute atomic E-state index is 11.6. The molecule has 100 valence electrons. The van der Waals surface area contributed by atoms with Gasteiger partial charge in [0.15, 0.2) is 5.11 Å². The summed E-state index contributed by atoms with van der Waals surface area (Å²) in [4.78, 5) is 24.1. The normalized spacial score (nSPS) is 14.7. The van der Waals surface area contributed by atoms with Crippen LogP contribution in [0.4, 0.5) is 5.69 Å². The molecule has 7 heteroatoms. The van der Waals surface area contributed by atoms with Gasteiger partial charge in [-0.15, -0.1) is 0 Å². The number of hydrogen-bond acceptors (Lipinski definition) is 4. The number of nitrogens with zero attached hydrogens (tertiary/aromatic N) is 1. The molecule has 2 rings (SSSR count). The lowest BCUT2D eigenvalue weighted by atomic mass is 10.3. The van der Waals surface area contributed by atoms with E-state index in [0.717, 1.165) is 4.90 Å². The summed E-state index contributed by atoms with van der Waals surface area (Å²) in [5.41, 5.74) is 0.507. The molecule has 1 fully saturated rings. The summed E-state index contributed by atoms with van der Waals surface area (Å²) in [6.45, 7) is 0. The molecule has 0 aliphatic carbocycles. The molecule has 0 unspecified atom stereocenters. The molecule has 5 nitrogen and oxygen atoms in total. The maximum atomic E-state index is 11.6. The number of benzene rings is 1. The molecular weight excluding hydrogens is 288 g/mol. The van der Waals surface area contributed by atoms with Crippen molar-refractivity contribution in [3.63, 3.8) is 0 Å². The summed E-state index contributed by atoms with van der Waals surface area (Å²) >= 11 is 11.0. The lowest BCUT2D eigenvalue weighted by Crippen LogP contribution is -2.38. The molecule has 1 aliphatic heterocycles. The van der Waals surface area contributed by atoms with Crippen molar-refractivity contribution >= 4 is 46.4 Å². The molecule has 1 aromatic carbocycles. The van der Waals surface area contributed by atoms with Gasteiger partial charge in [-0.3, -0.25) is 9.59 Å². The Kier molecular flexibility index (Phi) is 4.01. The van der Waals surface area contributed by atoms with E-state index >= 15 is 0 Å². The molecule has 2 amide bonds. The molecule has 0 radical (unpaired) electrons. The van der Waals surface area contributed by atoms with Crippen molar-refractivity contribution < 1.29 is 14.3 Å². The number of amides is 2. The number of likely N-dealkylation sites (tertiary alicyclic amines) is 1. The minimum Gasteiger partial charge on any atom is -0.495 e. The zero-order chi connectivity index (χ0) is 14.0. The molecule has 1 saturated heterocycles. The molecule has 1 N–H and O–H groups in total. The van der Waals surface area contributed by atoms with Crippen molar-refractivity contribution in [2.24, 2.45) is 0 Å². The van der Waals surface area contributed by atoms with Gasteiger partial charge in [0.2, 0.25) is 11.8 Å². The smallest absolute Gasteiger partial charge is 0.236 e. The maximum Gasteiger partial charge on any atom is 0.236 e. The predicted octanol–water partition coefficient (Wildman–Crippen LogP) is 2.19. The summed E-state index contributed by atoms with van der Waals surface area (Å²) < 4.78 is 5.15. The third-order valence-corrected chi connectivity index (χ3v) is 3.18. The van der Waals surface area contributed by atoms with Gasteiger partial charge < -0.3 is 10.1 Å². The Labute approximate surface area is 120 Å². The molecule has 0 aromatic heterocycles. The number of imide groups is 1. The second-order valence-corrected chi connectivity index (χ2v) is 4.72. The first-order chi connectivity index (χ1) is 9.02. The number of thiocarbonyl (C=S) groups is 1. The zero-order valence-corrected chi connectivity index (χ0v) is 11.7. The van der Waals surface area contributed by atoms with Crippen LogP contribution in [0.3, 0.4) is 0 Å². The number of methoxy groups -OCH3 is 1. The molecule has 19 heavy (non-hydrogen) atoms. The van der Waals surface area contributed by atoms with Crippen LogP contribution in [-0.2, 0) is 9.59 Å². The van der Waals surface area contributed by atoms with E-state index in [0.29, 0.717) is 16.5 Å². The third kappa shape index (κ3) is 2.85. The molecule has 1 aliphatic rings. The number of carbonyl (C=O) groups is 2. The SMILES string of the molecule is COc1ccc(Cl)cc1NC(=S)N1C(=O)CCC1=O. The van der Waals surface area contributed by atoms with Gasteiger partial charge in [-0.2, -0.15) is 0 Å². The van der Waals surface area contributed by atoms with Crippen LogP contribution in [0.1, 0.15) is 12.8 Å². The first-order valence-electron chi connectivity index (χ1n) is 5.53. The van der Waals surface area contributed by atoms with E-state index in [1.165, 1.54) is 7.11 Å². The number of halogens is 1. The highest BCUT2D eigenvalue weighted by Gasteiger charge is 2.32. The number of carbonyl (C=O) groups excluding carboxylic acids is 2. The summed E-state index contributed by atoms with van der Waals surface area (Å²) in [5.74, 6) is -0.0853. The molecule has 1 heterocycles. The van der Waals surface area contributed by atoms with Crippen LogP contribution < -0.4 is 10.1 Å². The van der Waals surface area contributed by atoms with Crippen LogP contribution in [0, 0.1) is 0 Å². The fourth-order valence-electron chi connectivity index (χ4n) is 1.75. The second-order valence-electron chi connectivity index (χ2n) is 3.90. The Balaban J connectivity index is 2.21. The van der Waals surface area contributed by atoms with Gasteiger partial charge in [-0.1, -0.05) is 11.6 Å². The van der Waals surface area contributed by atoms with Crippen LogP contribution in [0.5, 0.6) is 5.75 Å². The van der Waals surface area contributed by atoms with Crippen LogP contribution in [-0.4, -0.2) is 28.9 Å². The van der Waals surface area contributed by atoms with Crippen LogP contribution in [0.15, 0.2) is 18.2 Å². The Morgan fingerprint density at radius 1 is 1.37 bits per heavy atom. The van der Waals surface area contributed by atoms with Crippen LogP contribution >= 0.6 is 23.8 Å². The number of nitrogens with one attached hydrogen (secondary N) is 1. The topological polar surface area (TPSA) is 58.6 Å². The van der Waals surface area contributed by atoms with E-state index < -0.39 is 0 Å². The fourth-order valence-corrected chi connectivity index (χ4v) is 2.24. The Morgan fingerprint density at radius 3 is 2.58 bits per heavy atom. The largest absolute Gasteiger partial charge is 0.495 e. The highest BCUT2D eigenvalue weighted by atomic mass is 35.5. The van der Waals surface area contributed by atoms with Crippen LogP contribution in [0.25, 0.3) is 0 Å². The predicted molar refractivity (Wildman–Crippen MR) is 75.3 cm³/mol. The Bertz CT molecular complexity index is 546. The van der Waals surface area contributed by atoms with Gasteiger partial charge in [0.05, 0.1) is 12.8 Å². The molecule has 0 atom stereocenters. The van der Waals surface area contributed by atoms with Crippen LogP contribution in [0.2, 0.25) is 5.02 Å². The fraction of sp³-hybridized carbons (Fsp3) is 0.250. The number of hydrogen-bond donors (Lipinski definition) is 1. The monoisotopic (exact) mass is 298 g/mol. The highest BCUT2D eigenvalue weighted by molar-refractivity contribution is 7.80.